The maximum atomic E-state index is 12.4. The van der Waals surface area contributed by atoms with Crippen molar-refractivity contribution in [3.05, 3.63) is 59.2 Å². The molecule has 124 valence electrons. The van der Waals surface area contributed by atoms with Crippen LogP contribution in [0, 0.1) is 13.8 Å². The normalized spacial score (nSPS) is 12.1. The average molecular weight is 354 g/mol. The molecular weight excluding hydrogens is 336 g/mol. The van der Waals surface area contributed by atoms with Crippen LogP contribution in [0.5, 0.6) is 0 Å². The Bertz CT molecular complexity index is 918. The molecule has 0 bridgehead atoms. The molecule has 0 saturated carbocycles. The molecule has 0 unspecified atom stereocenters. The molecule has 2 rings (SSSR count). The minimum absolute atomic E-state index is 0.175. The van der Waals surface area contributed by atoms with Crippen LogP contribution in [-0.2, 0) is 25.8 Å². The number of rotatable bonds is 5. The Labute approximate surface area is 136 Å². The van der Waals surface area contributed by atoms with E-state index in [0.717, 1.165) is 11.1 Å². The van der Waals surface area contributed by atoms with Crippen LogP contribution in [0.25, 0.3) is 0 Å². The smallest absolute Gasteiger partial charge is 0.261 e. The number of nitrogens with one attached hydrogen (secondary N) is 1. The summed E-state index contributed by atoms with van der Waals surface area (Å²) in [5, 5.41) is 4.97. The van der Waals surface area contributed by atoms with E-state index < -0.39 is 20.0 Å². The highest BCUT2D eigenvalue weighted by Crippen LogP contribution is 2.19. The predicted molar refractivity (Wildman–Crippen MR) is 90.0 cm³/mol. The van der Waals surface area contributed by atoms with Gasteiger partial charge in [0, 0.05) is 5.69 Å². The topological polar surface area (TPSA) is 106 Å². The first kappa shape index (κ1) is 17.5. The molecule has 0 spiro atoms. The zero-order valence-corrected chi connectivity index (χ0v) is 14.4. The molecule has 0 atom stereocenters. The minimum atomic E-state index is -3.69. The van der Waals surface area contributed by atoms with Gasteiger partial charge in [-0.3, -0.25) is 4.72 Å². The number of hydrogen-bond donors (Lipinski definition) is 2. The van der Waals surface area contributed by atoms with Crippen molar-refractivity contribution in [2.45, 2.75) is 24.5 Å². The highest BCUT2D eigenvalue weighted by atomic mass is 32.2. The number of aryl methyl sites for hydroxylation is 2. The van der Waals surface area contributed by atoms with Crippen molar-refractivity contribution < 1.29 is 16.8 Å². The summed E-state index contributed by atoms with van der Waals surface area (Å²) in [6.45, 7) is 3.75. The molecule has 2 aromatic carbocycles. The standard InChI is InChI=1S/C15H18N2O4S2/c1-11-3-8-15(9-12(11)2)23(20,21)17-14-6-4-13(5-7-14)10-22(16,18)19/h3-9,17H,10H2,1-2H3,(H2,16,18,19). The van der Waals surface area contributed by atoms with Crippen LogP contribution in [0.3, 0.4) is 0 Å². The largest absolute Gasteiger partial charge is 0.280 e. The van der Waals surface area contributed by atoms with Crippen LogP contribution in [0.15, 0.2) is 47.4 Å². The summed E-state index contributed by atoms with van der Waals surface area (Å²) in [6, 6.07) is 10.9. The molecule has 0 aliphatic rings. The number of hydrogen-bond acceptors (Lipinski definition) is 4. The van der Waals surface area contributed by atoms with Gasteiger partial charge in [0.15, 0.2) is 0 Å². The van der Waals surface area contributed by atoms with Crippen molar-refractivity contribution in [3.8, 4) is 0 Å². The lowest BCUT2D eigenvalue weighted by molar-refractivity contribution is 0.596. The van der Waals surface area contributed by atoms with Gasteiger partial charge in [-0.1, -0.05) is 18.2 Å². The molecule has 0 aliphatic carbocycles. The summed E-state index contributed by atoms with van der Waals surface area (Å²) < 4.78 is 49.2. The second-order valence-electron chi connectivity index (χ2n) is 5.36. The van der Waals surface area contributed by atoms with Crippen LogP contribution in [-0.4, -0.2) is 16.8 Å². The first-order valence-corrected chi connectivity index (χ1v) is 9.96. The maximum absolute atomic E-state index is 12.4. The Morgan fingerprint density at radius 1 is 0.913 bits per heavy atom. The molecule has 0 amide bonds. The van der Waals surface area contributed by atoms with E-state index in [1.807, 2.05) is 13.8 Å². The molecule has 6 nitrogen and oxygen atoms in total. The van der Waals surface area contributed by atoms with Gasteiger partial charge in [0.1, 0.15) is 0 Å². The zero-order chi connectivity index (χ0) is 17.3. The molecular formula is C15H18N2O4S2. The van der Waals surface area contributed by atoms with E-state index in [4.69, 9.17) is 5.14 Å². The monoisotopic (exact) mass is 354 g/mol. The van der Waals surface area contributed by atoms with E-state index in [2.05, 4.69) is 4.72 Å². The molecule has 2 aromatic rings. The molecule has 0 heterocycles. The molecule has 3 N–H and O–H groups in total. The lowest BCUT2D eigenvalue weighted by Gasteiger charge is -2.10. The molecule has 0 aromatic heterocycles. The van der Waals surface area contributed by atoms with Crippen LogP contribution >= 0.6 is 0 Å². The molecule has 0 aliphatic heterocycles. The van der Waals surface area contributed by atoms with E-state index in [1.54, 1.807) is 18.2 Å². The lowest BCUT2D eigenvalue weighted by atomic mass is 10.1. The van der Waals surface area contributed by atoms with Crippen molar-refractivity contribution in [3.63, 3.8) is 0 Å². The summed E-state index contributed by atoms with van der Waals surface area (Å²) in [6.07, 6.45) is 0. The Hall–Kier alpha value is -1.90. The minimum Gasteiger partial charge on any atom is -0.280 e. The highest BCUT2D eigenvalue weighted by Gasteiger charge is 2.15. The maximum Gasteiger partial charge on any atom is 0.261 e. The summed E-state index contributed by atoms with van der Waals surface area (Å²) in [7, 11) is -7.31. The average Bonchev–Trinajstić information content (AvgIpc) is 2.42. The summed E-state index contributed by atoms with van der Waals surface area (Å²) in [5.74, 6) is -0.294. The number of anilines is 1. The fourth-order valence-electron chi connectivity index (χ4n) is 2.00. The van der Waals surface area contributed by atoms with Crippen molar-refractivity contribution in [1.29, 1.82) is 0 Å². The number of benzene rings is 2. The number of primary sulfonamides is 1. The Balaban J connectivity index is 2.22. The third kappa shape index (κ3) is 4.78. The fourth-order valence-corrected chi connectivity index (χ4v) is 3.80. The van der Waals surface area contributed by atoms with Crippen LogP contribution in [0.1, 0.15) is 16.7 Å². The van der Waals surface area contributed by atoms with Gasteiger partial charge in [-0.15, -0.1) is 0 Å². The molecule has 0 radical (unpaired) electrons. The van der Waals surface area contributed by atoms with Crippen molar-refractivity contribution in [2.75, 3.05) is 4.72 Å². The SMILES string of the molecule is Cc1ccc(S(=O)(=O)Nc2ccc(CS(N)(=O)=O)cc2)cc1C. The van der Waals surface area contributed by atoms with Crippen LogP contribution in [0.4, 0.5) is 5.69 Å². The van der Waals surface area contributed by atoms with E-state index in [0.29, 0.717) is 11.3 Å². The third-order valence-electron chi connectivity index (χ3n) is 3.36. The second kappa shape index (κ2) is 6.31. The first-order valence-electron chi connectivity index (χ1n) is 6.76. The quantitative estimate of drug-likeness (QED) is 0.855. The third-order valence-corrected chi connectivity index (χ3v) is 5.48. The number of nitrogens with two attached hydrogens (primary N) is 1. The fraction of sp³-hybridized carbons (Fsp3) is 0.200. The van der Waals surface area contributed by atoms with Crippen LogP contribution in [0.2, 0.25) is 0 Å². The van der Waals surface area contributed by atoms with E-state index in [1.165, 1.54) is 24.3 Å². The zero-order valence-electron chi connectivity index (χ0n) is 12.8. The Morgan fingerprint density at radius 2 is 1.52 bits per heavy atom. The summed E-state index contributed by atoms with van der Waals surface area (Å²) in [4.78, 5) is 0.175. The van der Waals surface area contributed by atoms with E-state index in [-0.39, 0.29) is 10.6 Å². The molecule has 0 fully saturated rings. The first-order chi connectivity index (χ1) is 10.6. The lowest BCUT2D eigenvalue weighted by Crippen LogP contribution is -2.15. The number of sulfonamides is 2. The summed E-state index contributed by atoms with van der Waals surface area (Å²) >= 11 is 0. The van der Waals surface area contributed by atoms with Gasteiger partial charge in [-0.2, -0.15) is 0 Å². The van der Waals surface area contributed by atoms with Crippen molar-refractivity contribution in [1.82, 2.24) is 0 Å². The van der Waals surface area contributed by atoms with Gasteiger partial charge in [0.25, 0.3) is 10.0 Å². The predicted octanol–water partition coefficient (Wildman–Crippen LogP) is 1.89. The van der Waals surface area contributed by atoms with E-state index >= 15 is 0 Å². The molecule has 8 heteroatoms. The second-order valence-corrected chi connectivity index (χ2v) is 8.65. The van der Waals surface area contributed by atoms with E-state index in [9.17, 15) is 16.8 Å². The van der Waals surface area contributed by atoms with Gasteiger partial charge in [0.2, 0.25) is 10.0 Å². The summed E-state index contributed by atoms with van der Waals surface area (Å²) in [5.41, 5.74) is 2.73. The van der Waals surface area contributed by atoms with Gasteiger partial charge in [-0.25, -0.2) is 22.0 Å². The molecule has 23 heavy (non-hydrogen) atoms. The van der Waals surface area contributed by atoms with Crippen molar-refractivity contribution in [2.24, 2.45) is 5.14 Å². The van der Waals surface area contributed by atoms with Crippen molar-refractivity contribution >= 4 is 25.7 Å². The van der Waals surface area contributed by atoms with Crippen LogP contribution < -0.4 is 9.86 Å². The van der Waals surface area contributed by atoms with Gasteiger partial charge >= 0.3 is 0 Å². The van der Waals surface area contributed by atoms with Gasteiger partial charge < -0.3 is 0 Å². The Kier molecular flexibility index (Phi) is 4.79. The molecule has 0 saturated heterocycles. The Morgan fingerprint density at radius 3 is 2.04 bits per heavy atom. The van der Waals surface area contributed by atoms with Gasteiger partial charge in [-0.05, 0) is 54.8 Å². The van der Waals surface area contributed by atoms with Gasteiger partial charge in [0.05, 0.1) is 10.6 Å². The highest BCUT2D eigenvalue weighted by molar-refractivity contribution is 7.92.